The summed E-state index contributed by atoms with van der Waals surface area (Å²) in [6.07, 6.45) is 1.69. The third kappa shape index (κ3) is 1.87. The Morgan fingerprint density at radius 2 is 2.13 bits per heavy atom. The summed E-state index contributed by atoms with van der Waals surface area (Å²) in [7, 11) is 0. The number of halogens is 1. The molecule has 0 saturated heterocycles. The van der Waals surface area contributed by atoms with Crippen molar-refractivity contribution in [3.8, 4) is 0 Å². The average Bonchev–Trinajstić information content (AvgIpc) is 2.69. The monoisotopic (exact) mass is 220 g/mol. The highest BCUT2D eigenvalue weighted by molar-refractivity contribution is 6.31. The second-order valence-corrected chi connectivity index (χ2v) is 3.58. The Morgan fingerprint density at radius 1 is 1.33 bits per heavy atom. The number of ketones is 1. The maximum absolute atomic E-state index is 11.9. The van der Waals surface area contributed by atoms with Crippen LogP contribution in [-0.4, -0.2) is 10.8 Å². The van der Waals surface area contributed by atoms with Crippen molar-refractivity contribution in [3.63, 3.8) is 0 Å². The second kappa shape index (κ2) is 3.79. The number of nitrogens with one attached hydrogen (secondary N) is 1. The number of carbonyl (C=O) groups is 1. The molecule has 1 aromatic carbocycles. The van der Waals surface area contributed by atoms with E-state index in [4.69, 9.17) is 17.3 Å². The maximum Gasteiger partial charge on any atom is 0.211 e. The van der Waals surface area contributed by atoms with Gasteiger partial charge in [-0.15, -0.1) is 0 Å². The molecule has 0 amide bonds. The minimum Gasteiger partial charge on any atom is -0.398 e. The van der Waals surface area contributed by atoms with E-state index in [0.29, 0.717) is 22.0 Å². The number of nitrogen functional groups attached to an aromatic ring is 1. The fourth-order valence-corrected chi connectivity index (χ4v) is 1.54. The van der Waals surface area contributed by atoms with E-state index < -0.39 is 0 Å². The predicted octanol–water partition coefficient (Wildman–Crippen LogP) is 2.48. The van der Waals surface area contributed by atoms with Crippen LogP contribution in [0.4, 0.5) is 5.69 Å². The van der Waals surface area contributed by atoms with E-state index >= 15 is 0 Å². The van der Waals surface area contributed by atoms with Crippen LogP contribution in [0.5, 0.6) is 0 Å². The molecule has 3 N–H and O–H groups in total. The summed E-state index contributed by atoms with van der Waals surface area (Å²) in [5.74, 6) is -0.130. The molecule has 0 bridgehead atoms. The number of rotatable bonds is 2. The molecule has 4 heteroatoms. The molecular formula is C11H9ClN2O. The molecule has 0 saturated carbocycles. The van der Waals surface area contributed by atoms with Crippen molar-refractivity contribution in [2.75, 3.05) is 5.73 Å². The third-order valence-corrected chi connectivity index (χ3v) is 2.34. The number of H-pyrrole nitrogens is 1. The molecule has 1 aromatic heterocycles. The van der Waals surface area contributed by atoms with Gasteiger partial charge >= 0.3 is 0 Å². The number of anilines is 1. The van der Waals surface area contributed by atoms with Gasteiger partial charge in [-0.2, -0.15) is 0 Å². The Labute approximate surface area is 91.9 Å². The van der Waals surface area contributed by atoms with Crippen molar-refractivity contribution >= 4 is 23.1 Å². The number of aromatic nitrogens is 1. The molecule has 0 fully saturated rings. The maximum atomic E-state index is 11.9. The zero-order chi connectivity index (χ0) is 10.8. The van der Waals surface area contributed by atoms with Crippen LogP contribution in [0.2, 0.25) is 5.02 Å². The molecule has 0 aliphatic carbocycles. The summed E-state index contributed by atoms with van der Waals surface area (Å²) in [5, 5.41) is 0.524. The number of nitrogens with two attached hydrogens (primary N) is 1. The standard InChI is InChI=1S/C11H9ClN2O/c12-7-3-4-8(9(13)6-7)11(15)10-2-1-5-14-10/h1-6,14H,13H2. The van der Waals surface area contributed by atoms with Crippen LogP contribution in [0.3, 0.4) is 0 Å². The smallest absolute Gasteiger partial charge is 0.211 e. The van der Waals surface area contributed by atoms with Gasteiger partial charge in [0.1, 0.15) is 0 Å². The van der Waals surface area contributed by atoms with E-state index in [1.54, 1.807) is 36.5 Å². The number of hydrogen-bond donors (Lipinski definition) is 2. The third-order valence-electron chi connectivity index (χ3n) is 2.10. The largest absolute Gasteiger partial charge is 0.398 e. The molecule has 0 unspecified atom stereocenters. The molecule has 0 radical (unpaired) electrons. The highest BCUT2D eigenvalue weighted by atomic mass is 35.5. The summed E-state index contributed by atoms with van der Waals surface area (Å²) in [4.78, 5) is 14.7. The van der Waals surface area contributed by atoms with Crippen LogP contribution in [-0.2, 0) is 0 Å². The molecule has 1 heterocycles. The van der Waals surface area contributed by atoms with Gasteiger partial charge in [-0.3, -0.25) is 4.79 Å². The lowest BCUT2D eigenvalue weighted by Gasteiger charge is -2.03. The molecule has 0 aliphatic heterocycles. The summed E-state index contributed by atoms with van der Waals surface area (Å²) < 4.78 is 0. The molecule has 0 spiro atoms. The van der Waals surface area contributed by atoms with E-state index in [0.717, 1.165) is 0 Å². The summed E-state index contributed by atoms with van der Waals surface area (Å²) in [6, 6.07) is 8.31. The zero-order valence-electron chi connectivity index (χ0n) is 7.83. The van der Waals surface area contributed by atoms with E-state index in [1.807, 2.05) is 0 Å². The van der Waals surface area contributed by atoms with Crippen molar-refractivity contribution < 1.29 is 4.79 Å². The Balaban J connectivity index is 2.42. The Morgan fingerprint density at radius 3 is 2.73 bits per heavy atom. The number of carbonyl (C=O) groups excluding carboxylic acids is 1. The molecular weight excluding hydrogens is 212 g/mol. The van der Waals surface area contributed by atoms with Crippen molar-refractivity contribution in [2.45, 2.75) is 0 Å². The summed E-state index contributed by atoms with van der Waals surface area (Å²) >= 11 is 5.75. The molecule has 0 aliphatic rings. The van der Waals surface area contributed by atoms with Gasteiger partial charge in [0.25, 0.3) is 0 Å². The highest BCUT2D eigenvalue weighted by Crippen LogP contribution is 2.20. The lowest BCUT2D eigenvalue weighted by atomic mass is 10.1. The first-order chi connectivity index (χ1) is 7.18. The van der Waals surface area contributed by atoms with Gasteiger partial charge in [0, 0.05) is 22.5 Å². The summed E-state index contributed by atoms with van der Waals surface area (Å²) in [6.45, 7) is 0. The fraction of sp³-hybridized carbons (Fsp3) is 0. The molecule has 76 valence electrons. The second-order valence-electron chi connectivity index (χ2n) is 3.14. The highest BCUT2D eigenvalue weighted by Gasteiger charge is 2.12. The van der Waals surface area contributed by atoms with E-state index in [1.165, 1.54) is 0 Å². The van der Waals surface area contributed by atoms with Crippen molar-refractivity contribution in [1.82, 2.24) is 4.98 Å². The Kier molecular flexibility index (Phi) is 2.47. The van der Waals surface area contributed by atoms with Gasteiger partial charge in [-0.1, -0.05) is 11.6 Å². The van der Waals surface area contributed by atoms with Crippen LogP contribution < -0.4 is 5.73 Å². The Hall–Kier alpha value is -1.74. The molecule has 2 rings (SSSR count). The molecule has 15 heavy (non-hydrogen) atoms. The quantitative estimate of drug-likeness (QED) is 0.604. The van der Waals surface area contributed by atoms with Crippen LogP contribution in [0, 0.1) is 0 Å². The fourth-order valence-electron chi connectivity index (χ4n) is 1.36. The minimum absolute atomic E-state index is 0.130. The first-order valence-electron chi connectivity index (χ1n) is 4.41. The van der Waals surface area contributed by atoms with Gasteiger partial charge in [0.2, 0.25) is 5.78 Å². The zero-order valence-corrected chi connectivity index (χ0v) is 8.58. The van der Waals surface area contributed by atoms with Crippen LogP contribution >= 0.6 is 11.6 Å². The van der Waals surface area contributed by atoms with Gasteiger partial charge in [-0.25, -0.2) is 0 Å². The number of benzene rings is 1. The van der Waals surface area contributed by atoms with Crippen LogP contribution in [0.15, 0.2) is 36.5 Å². The van der Waals surface area contributed by atoms with E-state index in [9.17, 15) is 4.79 Å². The van der Waals surface area contributed by atoms with Gasteiger partial charge in [-0.05, 0) is 30.3 Å². The molecule has 0 atom stereocenters. The topological polar surface area (TPSA) is 58.9 Å². The van der Waals surface area contributed by atoms with Gasteiger partial charge in [0.15, 0.2) is 0 Å². The van der Waals surface area contributed by atoms with Gasteiger partial charge < -0.3 is 10.7 Å². The van der Waals surface area contributed by atoms with E-state index in [2.05, 4.69) is 4.98 Å². The lowest BCUT2D eigenvalue weighted by Crippen LogP contribution is -2.05. The number of aromatic amines is 1. The Bertz CT molecular complexity index is 491. The average molecular weight is 221 g/mol. The molecule has 2 aromatic rings. The van der Waals surface area contributed by atoms with Crippen LogP contribution in [0.25, 0.3) is 0 Å². The number of hydrogen-bond acceptors (Lipinski definition) is 2. The SMILES string of the molecule is Nc1cc(Cl)ccc1C(=O)c1ccc[nH]1. The minimum atomic E-state index is -0.130. The van der Waals surface area contributed by atoms with Crippen molar-refractivity contribution in [1.29, 1.82) is 0 Å². The van der Waals surface area contributed by atoms with E-state index in [-0.39, 0.29) is 5.78 Å². The first kappa shape index (κ1) is 9.80. The van der Waals surface area contributed by atoms with Crippen molar-refractivity contribution in [2.24, 2.45) is 0 Å². The normalized spacial score (nSPS) is 10.2. The van der Waals surface area contributed by atoms with Crippen molar-refractivity contribution in [3.05, 3.63) is 52.8 Å². The van der Waals surface area contributed by atoms with Crippen LogP contribution in [0.1, 0.15) is 16.1 Å². The predicted molar refractivity (Wildman–Crippen MR) is 60.1 cm³/mol. The summed E-state index contributed by atoms with van der Waals surface area (Å²) in [5.41, 5.74) is 7.08. The van der Waals surface area contributed by atoms with Gasteiger partial charge in [0.05, 0.1) is 5.69 Å². The molecule has 3 nitrogen and oxygen atoms in total. The lowest BCUT2D eigenvalue weighted by molar-refractivity contribution is 0.103. The first-order valence-corrected chi connectivity index (χ1v) is 4.79.